The molecule has 34 heavy (non-hydrogen) atoms. The number of hydrogen-bond donors (Lipinski definition) is 0. The van der Waals surface area contributed by atoms with Crippen LogP contribution in [0.1, 0.15) is 85.3 Å². The Bertz CT molecular complexity index is 870. The summed E-state index contributed by atoms with van der Waals surface area (Å²) in [5, 5.41) is 0. The number of carbonyl (C=O) groups excluding carboxylic acids is 1. The van der Waals surface area contributed by atoms with Crippen LogP contribution in [0.3, 0.4) is 0 Å². The highest BCUT2D eigenvalue weighted by molar-refractivity contribution is 6.26. The zero-order chi connectivity index (χ0) is 26.3. The van der Waals surface area contributed by atoms with E-state index in [2.05, 4.69) is 39.3 Å². The molecule has 5 heteroatoms. The van der Waals surface area contributed by atoms with Gasteiger partial charge in [0.05, 0.1) is 6.21 Å². The normalized spacial score (nSPS) is 12.8. The minimum atomic E-state index is -0.322. The summed E-state index contributed by atoms with van der Waals surface area (Å²) in [6, 6.07) is 5.21. The van der Waals surface area contributed by atoms with Crippen molar-refractivity contribution in [3.8, 4) is 0 Å². The van der Waals surface area contributed by atoms with Crippen molar-refractivity contribution in [3.63, 3.8) is 0 Å². The van der Waals surface area contributed by atoms with Crippen molar-refractivity contribution in [2.24, 2.45) is 4.99 Å². The number of halogens is 1. The fourth-order valence-electron chi connectivity index (χ4n) is 3.41. The Hall–Kier alpha value is -2.69. The molecule has 0 aliphatic heterocycles. The molecule has 1 unspecified atom stereocenters. The first-order chi connectivity index (χ1) is 16.2. The molecule has 0 aliphatic carbocycles. The molecule has 0 spiro atoms. The van der Waals surface area contributed by atoms with Crippen molar-refractivity contribution in [1.82, 2.24) is 9.80 Å². The van der Waals surface area contributed by atoms with Crippen molar-refractivity contribution in [1.29, 1.82) is 0 Å². The number of rotatable bonds is 12. The quantitative estimate of drug-likeness (QED) is 0.231. The van der Waals surface area contributed by atoms with E-state index < -0.39 is 0 Å². The highest BCUT2D eigenvalue weighted by Crippen LogP contribution is 2.23. The second-order valence-electron chi connectivity index (χ2n) is 8.10. The van der Waals surface area contributed by atoms with Crippen LogP contribution < -0.4 is 0 Å². The molecule has 1 aromatic rings. The third-order valence-corrected chi connectivity index (χ3v) is 5.71. The number of allylic oxidation sites excluding steroid dienone is 4. The molecule has 0 radical (unpaired) electrons. The molecule has 0 heterocycles. The van der Waals surface area contributed by atoms with Crippen LogP contribution in [0.5, 0.6) is 0 Å². The Morgan fingerprint density at radius 2 is 1.88 bits per heavy atom. The molecule has 1 atom stereocenters. The standard InChI is InChI=1S/C27H40FN3O.C2H6/c1-9-13-16-31(22(7)10-2)27(32)19-29-26(30(8)23(11-3)12-4)18-21(6)24-15-14-20(5)17-25(24)28;1-2/h11,14-15,17-19,22H,6,9-10,12-13,16H2,1-5,7-8H3;1-2H3/b23-11-,26-18-,29-19+;. The number of aliphatic imine (C=N–C) groups is 1. The van der Waals surface area contributed by atoms with E-state index in [1.165, 1.54) is 12.3 Å². The van der Waals surface area contributed by atoms with Crippen LogP contribution in [-0.4, -0.2) is 41.6 Å². The Morgan fingerprint density at radius 3 is 2.38 bits per heavy atom. The lowest BCUT2D eigenvalue weighted by Crippen LogP contribution is -2.39. The number of aryl methyl sites for hydroxylation is 1. The molecule has 0 bridgehead atoms. The van der Waals surface area contributed by atoms with E-state index in [0.29, 0.717) is 23.5 Å². The summed E-state index contributed by atoms with van der Waals surface area (Å²) in [4.78, 5) is 21.3. The van der Waals surface area contributed by atoms with E-state index in [9.17, 15) is 9.18 Å². The molecule has 1 aromatic carbocycles. The van der Waals surface area contributed by atoms with Gasteiger partial charge < -0.3 is 9.80 Å². The summed E-state index contributed by atoms with van der Waals surface area (Å²) >= 11 is 0. The second-order valence-corrected chi connectivity index (χ2v) is 8.10. The topological polar surface area (TPSA) is 35.9 Å². The van der Waals surface area contributed by atoms with E-state index >= 15 is 0 Å². The van der Waals surface area contributed by atoms with Gasteiger partial charge in [-0.2, -0.15) is 0 Å². The van der Waals surface area contributed by atoms with Gasteiger partial charge in [0.15, 0.2) is 0 Å². The molecule has 1 amide bonds. The van der Waals surface area contributed by atoms with Crippen LogP contribution in [0.15, 0.2) is 53.4 Å². The molecule has 190 valence electrons. The van der Waals surface area contributed by atoms with Crippen molar-refractivity contribution in [2.45, 2.75) is 87.1 Å². The highest BCUT2D eigenvalue weighted by atomic mass is 19.1. The largest absolute Gasteiger partial charge is 0.335 e. The van der Waals surface area contributed by atoms with Crippen molar-refractivity contribution >= 4 is 17.7 Å². The van der Waals surface area contributed by atoms with Gasteiger partial charge >= 0.3 is 0 Å². The first kappa shape index (κ1) is 31.3. The predicted octanol–water partition coefficient (Wildman–Crippen LogP) is 7.76. The molecule has 0 fully saturated rings. The summed E-state index contributed by atoms with van der Waals surface area (Å²) in [5.41, 5.74) is 2.82. The number of carbonyl (C=O) groups is 1. The minimum Gasteiger partial charge on any atom is -0.335 e. The monoisotopic (exact) mass is 471 g/mol. The van der Waals surface area contributed by atoms with Crippen molar-refractivity contribution in [2.75, 3.05) is 13.6 Å². The van der Waals surface area contributed by atoms with Crippen molar-refractivity contribution < 1.29 is 9.18 Å². The number of unbranched alkanes of at least 4 members (excludes halogenated alkanes) is 1. The zero-order valence-corrected chi connectivity index (χ0v) is 22.9. The summed E-state index contributed by atoms with van der Waals surface area (Å²) in [6.45, 7) is 20.9. The first-order valence-electron chi connectivity index (χ1n) is 12.6. The average Bonchev–Trinajstić information content (AvgIpc) is 2.83. The van der Waals surface area contributed by atoms with Crippen LogP contribution >= 0.6 is 0 Å². The van der Waals surface area contributed by atoms with Gasteiger partial charge in [0.2, 0.25) is 0 Å². The van der Waals surface area contributed by atoms with E-state index in [1.54, 1.807) is 12.1 Å². The molecule has 0 saturated heterocycles. The van der Waals surface area contributed by atoms with Crippen LogP contribution in [0.4, 0.5) is 4.39 Å². The molecular weight excluding hydrogens is 425 g/mol. The molecule has 4 nitrogen and oxygen atoms in total. The molecule has 0 N–H and O–H groups in total. The zero-order valence-electron chi connectivity index (χ0n) is 22.9. The average molecular weight is 472 g/mol. The maximum absolute atomic E-state index is 14.5. The fraction of sp³-hybridized carbons (Fsp3) is 0.517. The second kappa shape index (κ2) is 16.9. The minimum absolute atomic E-state index is 0.113. The Kier molecular flexibility index (Phi) is 15.5. The summed E-state index contributed by atoms with van der Waals surface area (Å²) < 4.78 is 14.5. The summed E-state index contributed by atoms with van der Waals surface area (Å²) in [7, 11) is 1.90. The predicted molar refractivity (Wildman–Crippen MR) is 146 cm³/mol. The van der Waals surface area contributed by atoms with Crippen molar-refractivity contribution in [3.05, 3.63) is 65.4 Å². The first-order valence-corrected chi connectivity index (χ1v) is 12.6. The maximum atomic E-state index is 14.5. The smallest absolute Gasteiger partial charge is 0.265 e. The van der Waals surface area contributed by atoms with E-state index in [4.69, 9.17) is 0 Å². The van der Waals surface area contributed by atoms with Gasteiger partial charge in [-0.25, -0.2) is 9.38 Å². The maximum Gasteiger partial charge on any atom is 0.265 e. The van der Waals surface area contributed by atoms with Crippen LogP contribution in [0.2, 0.25) is 0 Å². The van der Waals surface area contributed by atoms with Gasteiger partial charge in [0, 0.05) is 30.9 Å². The van der Waals surface area contributed by atoms with E-state index in [0.717, 1.165) is 36.9 Å². The van der Waals surface area contributed by atoms with Gasteiger partial charge in [0.1, 0.15) is 11.6 Å². The van der Waals surface area contributed by atoms with Crippen LogP contribution in [0.25, 0.3) is 5.57 Å². The van der Waals surface area contributed by atoms with E-state index in [-0.39, 0.29) is 17.8 Å². The molecular formula is C29H46FN3O. The molecule has 0 aromatic heterocycles. The number of benzene rings is 1. The third-order valence-electron chi connectivity index (χ3n) is 5.71. The Labute approximate surface area is 208 Å². The van der Waals surface area contributed by atoms with Gasteiger partial charge in [-0.15, -0.1) is 0 Å². The Morgan fingerprint density at radius 1 is 1.24 bits per heavy atom. The number of amides is 1. The molecule has 0 aliphatic rings. The van der Waals surface area contributed by atoms with Crippen LogP contribution in [0, 0.1) is 12.7 Å². The lowest BCUT2D eigenvalue weighted by molar-refractivity contribution is -0.125. The highest BCUT2D eigenvalue weighted by Gasteiger charge is 2.17. The Balaban J connectivity index is 0.00000529. The van der Waals surface area contributed by atoms with E-state index in [1.807, 2.05) is 56.7 Å². The number of hydrogen-bond acceptors (Lipinski definition) is 3. The summed E-state index contributed by atoms with van der Waals surface area (Å²) in [5.74, 6) is 0.105. The lowest BCUT2D eigenvalue weighted by atomic mass is 10.0. The van der Waals surface area contributed by atoms with Crippen LogP contribution in [-0.2, 0) is 4.79 Å². The lowest BCUT2D eigenvalue weighted by Gasteiger charge is -2.27. The fourth-order valence-corrected chi connectivity index (χ4v) is 3.41. The van der Waals surface area contributed by atoms with Gasteiger partial charge in [0.25, 0.3) is 5.91 Å². The van der Waals surface area contributed by atoms with Gasteiger partial charge in [-0.05, 0) is 63.3 Å². The molecule has 0 saturated carbocycles. The SMILES string of the molecule is C=C(/C=C(/N=C/C(=O)N(CCCC)C(C)CC)N(C)/C(=C\C)CC)c1ccc(C)cc1F.CC. The van der Waals surface area contributed by atoms with Gasteiger partial charge in [-0.1, -0.05) is 65.8 Å². The molecule has 1 rings (SSSR count). The van der Waals surface area contributed by atoms with Gasteiger partial charge in [-0.3, -0.25) is 4.79 Å². The number of nitrogens with zero attached hydrogens (tertiary/aromatic N) is 3. The third kappa shape index (κ3) is 9.66. The summed E-state index contributed by atoms with van der Waals surface area (Å²) in [6.07, 6.45) is 8.78.